The van der Waals surface area contributed by atoms with Crippen LogP contribution in [0.5, 0.6) is 0 Å². The molecule has 0 saturated heterocycles. The van der Waals surface area contributed by atoms with Crippen LogP contribution in [0.2, 0.25) is 0 Å². The minimum absolute atomic E-state index is 0.127. The van der Waals surface area contributed by atoms with E-state index >= 15 is 0 Å². The Kier molecular flexibility index (Phi) is 3.02. The van der Waals surface area contributed by atoms with Gasteiger partial charge in [0.2, 0.25) is 0 Å². The van der Waals surface area contributed by atoms with Gasteiger partial charge in [0, 0.05) is 16.8 Å². The first-order chi connectivity index (χ1) is 10.0. The SMILES string of the molecule is O=C1Nc2ccc(F)cc2/C1=C/c1cccc(C(=O)O)c1. The maximum Gasteiger partial charge on any atom is 0.335 e. The summed E-state index contributed by atoms with van der Waals surface area (Å²) in [7, 11) is 0. The lowest BCUT2D eigenvalue weighted by Gasteiger charge is -2.00. The Morgan fingerprint density at radius 3 is 2.76 bits per heavy atom. The average Bonchev–Trinajstić information content (AvgIpc) is 2.75. The molecule has 2 N–H and O–H groups in total. The number of benzene rings is 2. The maximum atomic E-state index is 13.3. The Bertz CT molecular complexity index is 796. The first kappa shape index (κ1) is 13.1. The van der Waals surface area contributed by atoms with Crippen molar-refractivity contribution in [1.82, 2.24) is 0 Å². The van der Waals surface area contributed by atoms with Crippen LogP contribution in [0.25, 0.3) is 11.6 Å². The van der Waals surface area contributed by atoms with E-state index < -0.39 is 11.8 Å². The summed E-state index contributed by atoms with van der Waals surface area (Å²) in [6, 6.07) is 10.2. The zero-order valence-corrected chi connectivity index (χ0v) is 10.8. The number of anilines is 1. The third kappa shape index (κ3) is 2.41. The summed E-state index contributed by atoms with van der Waals surface area (Å²) >= 11 is 0. The van der Waals surface area contributed by atoms with Crippen molar-refractivity contribution in [3.05, 3.63) is 65.0 Å². The van der Waals surface area contributed by atoms with E-state index in [1.54, 1.807) is 18.2 Å². The molecule has 0 spiro atoms. The highest BCUT2D eigenvalue weighted by molar-refractivity contribution is 6.34. The molecule has 1 aliphatic rings. The van der Waals surface area contributed by atoms with Crippen LogP contribution >= 0.6 is 0 Å². The van der Waals surface area contributed by atoms with Crippen molar-refractivity contribution >= 4 is 29.2 Å². The first-order valence-corrected chi connectivity index (χ1v) is 6.21. The van der Waals surface area contributed by atoms with Gasteiger partial charge in [-0.25, -0.2) is 9.18 Å². The number of halogens is 1. The normalized spacial score (nSPS) is 14.9. The van der Waals surface area contributed by atoms with Crippen molar-refractivity contribution in [2.75, 3.05) is 5.32 Å². The number of fused-ring (bicyclic) bond motifs is 1. The molecule has 0 radical (unpaired) electrons. The monoisotopic (exact) mass is 283 g/mol. The molecule has 4 nitrogen and oxygen atoms in total. The summed E-state index contributed by atoms with van der Waals surface area (Å²) in [5, 5.41) is 11.6. The van der Waals surface area contributed by atoms with Crippen molar-refractivity contribution in [1.29, 1.82) is 0 Å². The summed E-state index contributed by atoms with van der Waals surface area (Å²) in [5.74, 6) is -1.82. The quantitative estimate of drug-likeness (QED) is 0.832. The smallest absolute Gasteiger partial charge is 0.335 e. The molecule has 0 aromatic heterocycles. The number of carbonyl (C=O) groups is 2. The van der Waals surface area contributed by atoms with Gasteiger partial charge in [0.05, 0.1) is 5.56 Å². The molecule has 2 aromatic rings. The Morgan fingerprint density at radius 2 is 2.00 bits per heavy atom. The van der Waals surface area contributed by atoms with Gasteiger partial charge in [0.25, 0.3) is 5.91 Å². The predicted octanol–water partition coefficient (Wildman–Crippen LogP) is 3.02. The lowest BCUT2D eigenvalue weighted by atomic mass is 10.0. The Hall–Kier alpha value is -2.95. The van der Waals surface area contributed by atoms with Crippen LogP contribution in [0.4, 0.5) is 10.1 Å². The molecule has 0 aliphatic carbocycles. The van der Waals surface area contributed by atoms with Crippen LogP contribution in [-0.2, 0) is 4.79 Å². The van der Waals surface area contributed by atoms with Crippen LogP contribution < -0.4 is 5.32 Å². The van der Waals surface area contributed by atoms with Gasteiger partial charge in [0.1, 0.15) is 5.82 Å². The van der Waals surface area contributed by atoms with E-state index in [1.165, 1.54) is 30.3 Å². The molecule has 0 fully saturated rings. The summed E-state index contributed by atoms with van der Waals surface area (Å²) in [5.41, 5.74) is 2.02. The highest BCUT2D eigenvalue weighted by atomic mass is 19.1. The van der Waals surface area contributed by atoms with E-state index in [-0.39, 0.29) is 11.5 Å². The second-order valence-electron chi connectivity index (χ2n) is 4.63. The van der Waals surface area contributed by atoms with Crippen molar-refractivity contribution in [2.45, 2.75) is 0 Å². The third-order valence-corrected chi connectivity index (χ3v) is 3.21. The number of carboxylic acids is 1. The topological polar surface area (TPSA) is 66.4 Å². The van der Waals surface area contributed by atoms with Crippen LogP contribution in [0, 0.1) is 5.82 Å². The molecule has 0 bridgehead atoms. The van der Waals surface area contributed by atoms with Gasteiger partial charge in [-0.05, 0) is 42.0 Å². The summed E-state index contributed by atoms with van der Waals surface area (Å²) in [4.78, 5) is 22.9. The van der Waals surface area contributed by atoms with Crippen LogP contribution in [0.15, 0.2) is 42.5 Å². The Balaban J connectivity index is 2.08. The number of rotatable bonds is 2. The molecule has 3 rings (SSSR count). The van der Waals surface area contributed by atoms with E-state index in [0.29, 0.717) is 22.4 Å². The number of nitrogens with one attached hydrogen (secondary N) is 1. The van der Waals surface area contributed by atoms with Gasteiger partial charge < -0.3 is 10.4 Å². The molecule has 1 heterocycles. The number of carbonyl (C=O) groups excluding carboxylic acids is 1. The van der Waals surface area contributed by atoms with Crippen molar-refractivity contribution in [3.8, 4) is 0 Å². The fourth-order valence-electron chi connectivity index (χ4n) is 2.23. The maximum absolute atomic E-state index is 13.3. The molecule has 1 amide bonds. The zero-order valence-electron chi connectivity index (χ0n) is 10.8. The van der Waals surface area contributed by atoms with Crippen LogP contribution in [0.3, 0.4) is 0 Å². The number of carboxylic acid groups (broad SMARTS) is 1. The summed E-state index contributed by atoms with van der Waals surface area (Å²) in [6.07, 6.45) is 1.55. The van der Waals surface area contributed by atoms with E-state index in [4.69, 9.17) is 5.11 Å². The minimum Gasteiger partial charge on any atom is -0.478 e. The van der Waals surface area contributed by atoms with Gasteiger partial charge >= 0.3 is 5.97 Å². The highest BCUT2D eigenvalue weighted by Gasteiger charge is 2.24. The zero-order chi connectivity index (χ0) is 15.0. The molecule has 1 aliphatic heterocycles. The van der Waals surface area contributed by atoms with Gasteiger partial charge in [-0.2, -0.15) is 0 Å². The second kappa shape index (κ2) is 4.86. The van der Waals surface area contributed by atoms with Gasteiger partial charge in [0.15, 0.2) is 0 Å². The number of hydrogen-bond acceptors (Lipinski definition) is 2. The van der Waals surface area contributed by atoms with E-state index in [1.807, 2.05) is 0 Å². The highest BCUT2D eigenvalue weighted by Crippen LogP contribution is 2.33. The van der Waals surface area contributed by atoms with Gasteiger partial charge in [-0.3, -0.25) is 4.79 Å². The molecule has 0 unspecified atom stereocenters. The molecule has 21 heavy (non-hydrogen) atoms. The molecular weight excluding hydrogens is 273 g/mol. The molecular formula is C16H10FNO3. The van der Waals surface area contributed by atoms with Crippen LogP contribution in [0.1, 0.15) is 21.5 Å². The van der Waals surface area contributed by atoms with Crippen molar-refractivity contribution in [3.63, 3.8) is 0 Å². The van der Waals surface area contributed by atoms with E-state index in [0.717, 1.165) is 0 Å². The fraction of sp³-hybridized carbons (Fsp3) is 0. The molecule has 0 saturated carbocycles. The average molecular weight is 283 g/mol. The number of aromatic carboxylic acids is 1. The Morgan fingerprint density at radius 1 is 1.19 bits per heavy atom. The lowest BCUT2D eigenvalue weighted by molar-refractivity contribution is -0.110. The standard InChI is InChI=1S/C16H10FNO3/c17-11-4-5-14-12(8-11)13(15(19)18-14)7-9-2-1-3-10(6-9)16(20)21/h1-8H,(H,18,19)(H,20,21)/b13-7-. The van der Waals surface area contributed by atoms with Gasteiger partial charge in [-0.1, -0.05) is 12.1 Å². The van der Waals surface area contributed by atoms with Crippen molar-refractivity contribution in [2.24, 2.45) is 0 Å². The van der Waals surface area contributed by atoms with Gasteiger partial charge in [-0.15, -0.1) is 0 Å². The van der Waals surface area contributed by atoms with Crippen molar-refractivity contribution < 1.29 is 19.1 Å². The largest absolute Gasteiger partial charge is 0.478 e. The summed E-state index contributed by atoms with van der Waals surface area (Å²) in [6.45, 7) is 0. The third-order valence-electron chi connectivity index (χ3n) is 3.21. The fourth-order valence-corrected chi connectivity index (χ4v) is 2.23. The van der Waals surface area contributed by atoms with E-state index in [9.17, 15) is 14.0 Å². The minimum atomic E-state index is -1.04. The number of hydrogen-bond donors (Lipinski definition) is 2. The second-order valence-corrected chi connectivity index (χ2v) is 4.63. The first-order valence-electron chi connectivity index (χ1n) is 6.21. The molecule has 5 heteroatoms. The lowest BCUT2D eigenvalue weighted by Crippen LogP contribution is -2.03. The molecule has 104 valence electrons. The van der Waals surface area contributed by atoms with E-state index in [2.05, 4.69) is 5.32 Å². The predicted molar refractivity (Wildman–Crippen MR) is 76.3 cm³/mol. The molecule has 2 aromatic carbocycles. The molecule has 0 atom stereocenters. The summed E-state index contributed by atoms with van der Waals surface area (Å²) < 4.78 is 13.3. The number of amides is 1. The van der Waals surface area contributed by atoms with Crippen LogP contribution in [-0.4, -0.2) is 17.0 Å². The Labute approximate surface area is 119 Å².